The van der Waals surface area contributed by atoms with Crippen molar-refractivity contribution in [3.63, 3.8) is 0 Å². The molecule has 5 heteroatoms. The van der Waals surface area contributed by atoms with Gasteiger partial charge < -0.3 is 10.1 Å². The molecular formula is C14H17ClN2OS. The van der Waals surface area contributed by atoms with Crippen molar-refractivity contribution in [3.8, 4) is 10.4 Å². The average molecular weight is 297 g/mol. The van der Waals surface area contributed by atoms with Gasteiger partial charge in [-0.15, -0.1) is 11.3 Å². The van der Waals surface area contributed by atoms with Gasteiger partial charge in [-0.25, -0.2) is 4.98 Å². The minimum absolute atomic E-state index is 0.717. The summed E-state index contributed by atoms with van der Waals surface area (Å²) in [7, 11) is 1.70. The number of rotatable bonds is 6. The van der Waals surface area contributed by atoms with Crippen molar-refractivity contribution >= 4 is 22.9 Å². The molecule has 102 valence electrons. The van der Waals surface area contributed by atoms with E-state index in [9.17, 15) is 0 Å². The summed E-state index contributed by atoms with van der Waals surface area (Å²) in [5, 5.41) is 5.16. The van der Waals surface area contributed by atoms with Gasteiger partial charge in [0, 0.05) is 25.2 Å². The zero-order chi connectivity index (χ0) is 13.7. The molecule has 0 aliphatic rings. The fourth-order valence-electron chi connectivity index (χ4n) is 1.77. The molecule has 0 bridgehead atoms. The zero-order valence-electron chi connectivity index (χ0n) is 11.1. The lowest BCUT2D eigenvalue weighted by Gasteiger charge is -2.00. The van der Waals surface area contributed by atoms with Crippen LogP contribution in [0.4, 0.5) is 0 Å². The van der Waals surface area contributed by atoms with E-state index in [1.54, 1.807) is 18.4 Å². The van der Waals surface area contributed by atoms with E-state index >= 15 is 0 Å². The van der Waals surface area contributed by atoms with Crippen molar-refractivity contribution in [2.75, 3.05) is 20.3 Å². The van der Waals surface area contributed by atoms with Crippen molar-refractivity contribution in [2.24, 2.45) is 0 Å². The normalized spacial score (nSPS) is 10.9. The molecule has 1 aromatic heterocycles. The Morgan fingerprint density at radius 1 is 1.32 bits per heavy atom. The van der Waals surface area contributed by atoms with Crippen LogP contribution >= 0.6 is 22.9 Å². The number of nitrogens with one attached hydrogen (secondary N) is 1. The molecule has 2 aromatic rings. The van der Waals surface area contributed by atoms with E-state index in [0.29, 0.717) is 6.61 Å². The summed E-state index contributed by atoms with van der Waals surface area (Å²) in [6.07, 6.45) is 0. The second-order valence-corrected chi connectivity index (χ2v) is 5.72. The molecule has 2 rings (SSSR count). The monoisotopic (exact) mass is 296 g/mol. The first-order valence-electron chi connectivity index (χ1n) is 6.12. The largest absolute Gasteiger partial charge is 0.383 e. The maximum absolute atomic E-state index is 5.91. The second kappa shape index (κ2) is 7.01. The van der Waals surface area contributed by atoms with Crippen molar-refractivity contribution in [1.29, 1.82) is 0 Å². The van der Waals surface area contributed by atoms with Gasteiger partial charge in [-0.05, 0) is 24.6 Å². The third kappa shape index (κ3) is 4.01. The Morgan fingerprint density at radius 2 is 2.05 bits per heavy atom. The summed E-state index contributed by atoms with van der Waals surface area (Å²) >= 11 is 7.63. The molecule has 0 saturated heterocycles. The third-order valence-electron chi connectivity index (χ3n) is 2.71. The van der Waals surface area contributed by atoms with Gasteiger partial charge >= 0.3 is 0 Å². The number of aromatic nitrogens is 1. The van der Waals surface area contributed by atoms with Gasteiger partial charge in [-0.3, -0.25) is 0 Å². The van der Waals surface area contributed by atoms with Gasteiger partial charge in [0.1, 0.15) is 5.01 Å². The van der Waals surface area contributed by atoms with E-state index in [0.717, 1.165) is 28.8 Å². The predicted molar refractivity (Wildman–Crippen MR) is 80.9 cm³/mol. The molecule has 1 aromatic carbocycles. The van der Waals surface area contributed by atoms with E-state index < -0.39 is 0 Å². The quantitative estimate of drug-likeness (QED) is 0.828. The molecule has 0 amide bonds. The number of hydrogen-bond donors (Lipinski definition) is 1. The van der Waals surface area contributed by atoms with Crippen molar-refractivity contribution in [3.05, 3.63) is 40.0 Å². The average Bonchev–Trinajstić information content (AvgIpc) is 2.77. The summed E-state index contributed by atoms with van der Waals surface area (Å²) in [6.45, 7) is 4.38. The van der Waals surface area contributed by atoms with Gasteiger partial charge in [-0.1, -0.05) is 23.7 Å². The van der Waals surface area contributed by atoms with Crippen molar-refractivity contribution in [2.45, 2.75) is 13.5 Å². The van der Waals surface area contributed by atoms with E-state index in [1.165, 1.54) is 10.4 Å². The molecule has 1 heterocycles. The van der Waals surface area contributed by atoms with E-state index in [1.807, 2.05) is 31.2 Å². The van der Waals surface area contributed by atoms with Crippen LogP contribution in [0.25, 0.3) is 10.4 Å². The number of aryl methyl sites for hydroxylation is 1. The smallest absolute Gasteiger partial charge is 0.107 e. The highest BCUT2D eigenvalue weighted by atomic mass is 35.5. The number of halogens is 1. The highest BCUT2D eigenvalue weighted by molar-refractivity contribution is 7.15. The summed E-state index contributed by atoms with van der Waals surface area (Å²) in [5.41, 5.74) is 2.23. The fraction of sp³-hybridized carbons (Fsp3) is 0.357. The van der Waals surface area contributed by atoms with Crippen LogP contribution in [0.3, 0.4) is 0 Å². The molecule has 0 atom stereocenters. The lowest BCUT2D eigenvalue weighted by Crippen LogP contribution is -2.18. The van der Waals surface area contributed by atoms with Crippen LogP contribution in [-0.4, -0.2) is 25.2 Å². The summed E-state index contributed by atoms with van der Waals surface area (Å²) in [5.74, 6) is 0. The SMILES string of the molecule is COCCNCc1nc(C)c(-c2ccc(Cl)cc2)s1. The molecule has 19 heavy (non-hydrogen) atoms. The van der Waals surface area contributed by atoms with E-state index in [2.05, 4.69) is 10.3 Å². The van der Waals surface area contributed by atoms with Crippen LogP contribution in [0.5, 0.6) is 0 Å². The Morgan fingerprint density at radius 3 is 2.74 bits per heavy atom. The Kier molecular flexibility index (Phi) is 5.34. The lowest BCUT2D eigenvalue weighted by atomic mass is 10.2. The predicted octanol–water partition coefficient (Wildman–Crippen LogP) is 3.51. The molecule has 0 unspecified atom stereocenters. The maximum atomic E-state index is 5.91. The number of nitrogens with zero attached hydrogens (tertiary/aromatic N) is 1. The molecule has 0 aliphatic heterocycles. The van der Waals surface area contributed by atoms with E-state index in [-0.39, 0.29) is 0 Å². The Balaban J connectivity index is 2.06. The maximum Gasteiger partial charge on any atom is 0.107 e. The summed E-state index contributed by atoms with van der Waals surface area (Å²) < 4.78 is 5.00. The van der Waals surface area contributed by atoms with E-state index in [4.69, 9.17) is 16.3 Å². The Hall–Kier alpha value is -0.940. The van der Waals surface area contributed by atoms with Crippen molar-refractivity contribution < 1.29 is 4.74 Å². The Labute approximate surface area is 122 Å². The standard InChI is InChI=1S/C14H17ClN2OS/c1-10-14(11-3-5-12(15)6-4-11)19-13(17-10)9-16-7-8-18-2/h3-6,16H,7-9H2,1-2H3. The van der Waals surface area contributed by atoms with Gasteiger partial charge in [0.2, 0.25) is 0 Å². The molecule has 0 fully saturated rings. The van der Waals surface area contributed by atoms with Crippen LogP contribution < -0.4 is 5.32 Å². The third-order valence-corrected chi connectivity index (χ3v) is 4.16. The van der Waals surface area contributed by atoms with Gasteiger partial charge in [0.25, 0.3) is 0 Å². The van der Waals surface area contributed by atoms with Crippen LogP contribution in [0.1, 0.15) is 10.7 Å². The molecule has 0 radical (unpaired) electrons. The molecule has 1 N–H and O–H groups in total. The first-order chi connectivity index (χ1) is 9.20. The molecular weight excluding hydrogens is 280 g/mol. The van der Waals surface area contributed by atoms with Crippen LogP contribution in [0, 0.1) is 6.92 Å². The second-order valence-electron chi connectivity index (χ2n) is 4.20. The highest BCUT2D eigenvalue weighted by Gasteiger charge is 2.09. The van der Waals surface area contributed by atoms with Crippen LogP contribution in [0.15, 0.2) is 24.3 Å². The fourth-order valence-corrected chi connectivity index (χ4v) is 2.93. The highest BCUT2D eigenvalue weighted by Crippen LogP contribution is 2.30. The minimum Gasteiger partial charge on any atom is -0.383 e. The lowest BCUT2D eigenvalue weighted by molar-refractivity contribution is 0.199. The van der Waals surface area contributed by atoms with Crippen LogP contribution in [-0.2, 0) is 11.3 Å². The zero-order valence-corrected chi connectivity index (χ0v) is 12.6. The summed E-state index contributed by atoms with van der Waals surface area (Å²) in [6, 6.07) is 7.88. The van der Waals surface area contributed by atoms with Gasteiger partial charge in [-0.2, -0.15) is 0 Å². The number of benzene rings is 1. The Bertz CT molecular complexity index is 525. The van der Waals surface area contributed by atoms with Gasteiger partial charge in [0.15, 0.2) is 0 Å². The number of hydrogen-bond acceptors (Lipinski definition) is 4. The molecule has 0 aliphatic carbocycles. The first kappa shape index (κ1) is 14.5. The summed E-state index contributed by atoms with van der Waals surface area (Å²) in [4.78, 5) is 5.80. The van der Waals surface area contributed by atoms with Gasteiger partial charge in [0.05, 0.1) is 17.2 Å². The molecule has 3 nitrogen and oxygen atoms in total. The number of methoxy groups -OCH3 is 1. The minimum atomic E-state index is 0.717. The molecule has 0 spiro atoms. The first-order valence-corrected chi connectivity index (χ1v) is 7.32. The van der Waals surface area contributed by atoms with Crippen LogP contribution in [0.2, 0.25) is 5.02 Å². The number of thiazole rings is 1. The van der Waals surface area contributed by atoms with Crippen molar-refractivity contribution in [1.82, 2.24) is 10.3 Å². The molecule has 0 saturated carbocycles. The number of ether oxygens (including phenoxy) is 1. The topological polar surface area (TPSA) is 34.1 Å².